The summed E-state index contributed by atoms with van der Waals surface area (Å²) >= 11 is 0. The van der Waals surface area contributed by atoms with Gasteiger partial charge < -0.3 is 14.8 Å². The number of aromatic nitrogens is 4. The van der Waals surface area contributed by atoms with Crippen LogP contribution in [-0.4, -0.2) is 49.1 Å². The van der Waals surface area contributed by atoms with Crippen LogP contribution in [0.1, 0.15) is 54.8 Å². The molecule has 2 aromatic rings. The summed E-state index contributed by atoms with van der Waals surface area (Å²) in [6.07, 6.45) is 7.79. The molecule has 1 fully saturated rings. The van der Waals surface area contributed by atoms with Crippen molar-refractivity contribution >= 4 is 11.8 Å². The average Bonchev–Trinajstić information content (AvgIpc) is 3.21. The summed E-state index contributed by atoms with van der Waals surface area (Å²) < 4.78 is 3.64. The Morgan fingerprint density at radius 3 is 2.68 bits per heavy atom. The molecule has 0 saturated carbocycles. The summed E-state index contributed by atoms with van der Waals surface area (Å²) in [5, 5.41) is 7.29. The molecular weight excluding hydrogens is 320 g/mol. The van der Waals surface area contributed by atoms with Gasteiger partial charge in [0.1, 0.15) is 0 Å². The van der Waals surface area contributed by atoms with Crippen molar-refractivity contribution in [3.8, 4) is 0 Å². The Balaban J connectivity index is 1.82. The highest BCUT2D eigenvalue weighted by Gasteiger charge is 2.37. The summed E-state index contributed by atoms with van der Waals surface area (Å²) in [5.74, 6) is -0.101. The fourth-order valence-electron chi connectivity index (χ4n) is 3.24. The van der Waals surface area contributed by atoms with Crippen molar-refractivity contribution < 1.29 is 9.59 Å². The van der Waals surface area contributed by atoms with E-state index in [1.165, 1.54) is 0 Å². The van der Waals surface area contributed by atoms with Gasteiger partial charge in [-0.15, -0.1) is 0 Å². The Hall–Kier alpha value is -2.64. The highest BCUT2D eigenvalue weighted by molar-refractivity contribution is 5.94. The first kappa shape index (κ1) is 17.2. The Labute approximate surface area is 146 Å². The molecule has 0 unspecified atom stereocenters. The number of hydrogen-bond donors (Lipinski definition) is 1. The minimum atomic E-state index is -0.238. The number of nitrogens with zero attached hydrogens (tertiary/aromatic N) is 5. The normalized spacial score (nSPS) is 21.0. The van der Waals surface area contributed by atoms with Crippen LogP contribution in [0, 0.1) is 0 Å². The molecule has 1 N–H and O–H groups in total. The third-order valence-corrected chi connectivity index (χ3v) is 4.73. The second-order valence-electron chi connectivity index (χ2n) is 6.80. The van der Waals surface area contributed by atoms with Crippen LogP contribution < -0.4 is 5.32 Å². The van der Waals surface area contributed by atoms with Gasteiger partial charge in [-0.05, 0) is 20.3 Å². The molecule has 8 heteroatoms. The molecule has 2 amide bonds. The summed E-state index contributed by atoms with van der Waals surface area (Å²) in [5.41, 5.74) is 1.43. The largest absolute Gasteiger partial charge is 0.347 e. The number of aryl methyl sites for hydroxylation is 1. The maximum absolute atomic E-state index is 12.6. The van der Waals surface area contributed by atoms with E-state index in [1.54, 1.807) is 41.5 Å². The van der Waals surface area contributed by atoms with Crippen molar-refractivity contribution in [2.75, 3.05) is 7.05 Å². The van der Waals surface area contributed by atoms with E-state index in [1.807, 2.05) is 25.5 Å². The lowest BCUT2D eigenvalue weighted by Crippen LogP contribution is -2.51. The minimum Gasteiger partial charge on any atom is -0.347 e. The number of piperidine rings is 1. The summed E-state index contributed by atoms with van der Waals surface area (Å²) in [4.78, 5) is 30.7. The number of amides is 2. The van der Waals surface area contributed by atoms with E-state index in [2.05, 4.69) is 15.4 Å². The van der Waals surface area contributed by atoms with Crippen LogP contribution in [0.4, 0.5) is 0 Å². The topological polar surface area (TPSA) is 85.0 Å². The van der Waals surface area contributed by atoms with Gasteiger partial charge in [0.25, 0.3) is 5.91 Å². The molecule has 0 radical (unpaired) electrons. The number of likely N-dealkylation sites (N-methyl/N-ethyl adjacent to an activating group) is 1. The monoisotopic (exact) mass is 344 g/mol. The standard InChI is InChI=1S/C17H24N6O2/c1-11(2)23-9-12(7-19-23)17(25)20-13-5-6-15(24)22(4)16(13)14-8-18-10-21(14)3/h7-11,13,16H,5-6H2,1-4H3,(H,20,25)/t13-,16-/m1/s1. The first-order chi connectivity index (χ1) is 11.9. The van der Waals surface area contributed by atoms with Gasteiger partial charge in [-0.3, -0.25) is 14.3 Å². The molecule has 0 bridgehead atoms. The van der Waals surface area contributed by atoms with Crippen molar-refractivity contribution in [3.05, 3.63) is 36.2 Å². The van der Waals surface area contributed by atoms with E-state index in [0.29, 0.717) is 18.4 Å². The fraction of sp³-hybridized carbons (Fsp3) is 0.529. The Morgan fingerprint density at radius 1 is 1.32 bits per heavy atom. The van der Waals surface area contributed by atoms with Gasteiger partial charge in [0.05, 0.1) is 42.1 Å². The van der Waals surface area contributed by atoms with Gasteiger partial charge >= 0.3 is 0 Å². The van der Waals surface area contributed by atoms with Crippen molar-refractivity contribution in [2.45, 2.75) is 44.8 Å². The first-order valence-corrected chi connectivity index (χ1v) is 8.45. The number of carbonyl (C=O) groups excluding carboxylic acids is 2. The van der Waals surface area contributed by atoms with E-state index in [9.17, 15) is 9.59 Å². The molecule has 1 aliphatic rings. The third kappa shape index (κ3) is 3.29. The SMILES string of the molecule is CC(C)n1cc(C(=O)N[C@@H]2CCC(=O)N(C)[C@H]2c2cncn2C)cn1. The molecule has 134 valence electrons. The lowest BCUT2D eigenvalue weighted by atomic mass is 9.93. The average molecular weight is 344 g/mol. The van der Waals surface area contributed by atoms with Gasteiger partial charge in [-0.1, -0.05) is 0 Å². The van der Waals surface area contributed by atoms with Crippen LogP contribution in [0.5, 0.6) is 0 Å². The number of carbonyl (C=O) groups is 2. The van der Waals surface area contributed by atoms with Crippen LogP contribution >= 0.6 is 0 Å². The molecule has 8 nitrogen and oxygen atoms in total. The zero-order valence-corrected chi connectivity index (χ0v) is 15.0. The number of hydrogen-bond acceptors (Lipinski definition) is 4. The predicted molar refractivity (Wildman–Crippen MR) is 91.8 cm³/mol. The third-order valence-electron chi connectivity index (χ3n) is 4.73. The van der Waals surface area contributed by atoms with Crippen molar-refractivity contribution in [3.63, 3.8) is 0 Å². The Bertz CT molecular complexity index is 778. The van der Waals surface area contributed by atoms with Gasteiger partial charge in [-0.25, -0.2) is 4.98 Å². The lowest BCUT2D eigenvalue weighted by Gasteiger charge is -2.39. The molecule has 3 heterocycles. The molecule has 2 atom stereocenters. The zero-order valence-electron chi connectivity index (χ0n) is 15.0. The van der Waals surface area contributed by atoms with E-state index in [-0.39, 0.29) is 29.9 Å². The van der Waals surface area contributed by atoms with Crippen molar-refractivity contribution in [1.82, 2.24) is 29.5 Å². The molecule has 2 aromatic heterocycles. The van der Waals surface area contributed by atoms with E-state index >= 15 is 0 Å². The predicted octanol–water partition coefficient (Wildman–Crippen LogP) is 1.29. The second kappa shape index (κ2) is 6.70. The smallest absolute Gasteiger partial charge is 0.254 e. The number of imidazole rings is 1. The van der Waals surface area contributed by atoms with E-state index in [0.717, 1.165) is 5.69 Å². The van der Waals surface area contributed by atoms with Gasteiger partial charge in [0.2, 0.25) is 5.91 Å². The highest BCUT2D eigenvalue weighted by Crippen LogP contribution is 2.30. The number of nitrogens with one attached hydrogen (secondary N) is 1. The van der Waals surface area contributed by atoms with Crippen LogP contribution in [0.25, 0.3) is 0 Å². The molecule has 1 saturated heterocycles. The van der Waals surface area contributed by atoms with Crippen LogP contribution in [0.3, 0.4) is 0 Å². The van der Waals surface area contributed by atoms with E-state index < -0.39 is 0 Å². The highest BCUT2D eigenvalue weighted by atomic mass is 16.2. The number of rotatable bonds is 4. The summed E-state index contributed by atoms with van der Waals surface area (Å²) in [6.45, 7) is 4.02. The van der Waals surface area contributed by atoms with Crippen LogP contribution in [0.2, 0.25) is 0 Å². The van der Waals surface area contributed by atoms with Crippen molar-refractivity contribution in [2.24, 2.45) is 7.05 Å². The van der Waals surface area contributed by atoms with Gasteiger partial charge in [-0.2, -0.15) is 5.10 Å². The van der Waals surface area contributed by atoms with Crippen LogP contribution in [-0.2, 0) is 11.8 Å². The van der Waals surface area contributed by atoms with Crippen LogP contribution in [0.15, 0.2) is 24.9 Å². The summed E-state index contributed by atoms with van der Waals surface area (Å²) in [6, 6.07) is -0.215. The molecule has 1 aliphatic heterocycles. The molecule has 0 aromatic carbocycles. The quantitative estimate of drug-likeness (QED) is 0.906. The lowest BCUT2D eigenvalue weighted by molar-refractivity contribution is -0.136. The molecule has 25 heavy (non-hydrogen) atoms. The fourth-order valence-corrected chi connectivity index (χ4v) is 3.24. The Morgan fingerprint density at radius 2 is 2.08 bits per heavy atom. The van der Waals surface area contributed by atoms with Gasteiger partial charge in [0.15, 0.2) is 0 Å². The summed E-state index contributed by atoms with van der Waals surface area (Å²) in [7, 11) is 3.66. The van der Waals surface area contributed by atoms with E-state index in [4.69, 9.17) is 0 Å². The maximum Gasteiger partial charge on any atom is 0.254 e. The molecule has 0 spiro atoms. The van der Waals surface area contributed by atoms with Gasteiger partial charge in [0, 0.05) is 32.8 Å². The van der Waals surface area contributed by atoms with Crippen molar-refractivity contribution in [1.29, 1.82) is 0 Å². The first-order valence-electron chi connectivity index (χ1n) is 8.45. The minimum absolute atomic E-state index is 0.0735. The Kier molecular flexibility index (Phi) is 4.61. The molecule has 0 aliphatic carbocycles. The second-order valence-corrected chi connectivity index (χ2v) is 6.80. The maximum atomic E-state index is 12.6. The molecule has 3 rings (SSSR count). The molecular formula is C17H24N6O2. The number of likely N-dealkylation sites (tertiary alicyclic amines) is 1. The zero-order chi connectivity index (χ0) is 18.1.